The Labute approximate surface area is 112 Å². The second-order valence-electron chi connectivity index (χ2n) is 3.54. The summed E-state index contributed by atoms with van der Waals surface area (Å²) in [6.07, 6.45) is -3.40. The van der Waals surface area contributed by atoms with Crippen molar-refractivity contribution in [1.82, 2.24) is 0 Å². The van der Waals surface area contributed by atoms with Crippen molar-refractivity contribution in [1.29, 1.82) is 0 Å². The van der Waals surface area contributed by atoms with Crippen molar-refractivity contribution in [3.05, 3.63) is 34.9 Å². The molecule has 0 aliphatic heterocycles. The third kappa shape index (κ3) is 5.65. The minimum absolute atomic E-state index is 0.106. The highest BCUT2D eigenvalue weighted by Crippen LogP contribution is 2.29. The van der Waals surface area contributed by atoms with E-state index in [1.807, 2.05) is 0 Å². The zero-order valence-electron chi connectivity index (χ0n) is 9.58. The van der Waals surface area contributed by atoms with Gasteiger partial charge in [0, 0.05) is 11.6 Å². The molecule has 0 saturated heterocycles. The molecule has 0 fully saturated rings. The predicted octanol–water partition coefficient (Wildman–Crippen LogP) is 3.77. The van der Waals surface area contributed by atoms with Crippen LogP contribution in [0.25, 0.3) is 6.08 Å². The third-order valence-corrected chi connectivity index (χ3v) is 2.38. The first-order chi connectivity index (χ1) is 8.79. The average Bonchev–Trinajstić information content (AvgIpc) is 2.26. The Kier molecular flexibility index (Phi) is 5.23. The topological polar surface area (TPSA) is 46.5 Å². The molecule has 19 heavy (non-hydrogen) atoms. The number of rotatable bonds is 5. The number of hydrogen-bond acceptors (Lipinski definition) is 2. The highest BCUT2D eigenvalue weighted by molar-refractivity contribution is 6.32. The number of ether oxygens (including phenoxy) is 1. The van der Waals surface area contributed by atoms with Gasteiger partial charge < -0.3 is 9.84 Å². The molecule has 104 valence electrons. The summed E-state index contributed by atoms with van der Waals surface area (Å²) in [4.78, 5) is 10.4. The van der Waals surface area contributed by atoms with Crippen LogP contribution in [0.1, 0.15) is 12.0 Å². The van der Waals surface area contributed by atoms with Crippen LogP contribution in [0.2, 0.25) is 5.02 Å². The monoisotopic (exact) mass is 294 g/mol. The van der Waals surface area contributed by atoms with Gasteiger partial charge in [0.25, 0.3) is 0 Å². The molecule has 1 aromatic carbocycles. The Morgan fingerprint density at radius 3 is 2.68 bits per heavy atom. The molecular weight excluding hydrogens is 285 g/mol. The Balaban J connectivity index is 2.83. The van der Waals surface area contributed by atoms with Crippen molar-refractivity contribution >= 4 is 23.6 Å². The van der Waals surface area contributed by atoms with E-state index < -0.39 is 25.2 Å². The van der Waals surface area contributed by atoms with Crippen LogP contribution in [0.15, 0.2) is 24.3 Å². The van der Waals surface area contributed by atoms with E-state index in [4.69, 9.17) is 21.4 Å². The smallest absolute Gasteiger partial charge is 0.392 e. The molecule has 0 aliphatic carbocycles. The fourth-order valence-corrected chi connectivity index (χ4v) is 1.47. The lowest BCUT2D eigenvalue weighted by Gasteiger charge is -2.11. The molecule has 0 aromatic heterocycles. The van der Waals surface area contributed by atoms with E-state index in [9.17, 15) is 18.0 Å². The first-order valence-corrected chi connectivity index (χ1v) is 5.56. The molecule has 1 N–H and O–H groups in total. The molecule has 0 bridgehead atoms. The molecule has 1 aromatic rings. The maximum atomic E-state index is 12.0. The van der Waals surface area contributed by atoms with Gasteiger partial charge in [0.15, 0.2) is 0 Å². The minimum Gasteiger partial charge on any atom is -0.493 e. The highest BCUT2D eigenvalue weighted by Gasteiger charge is 2.27. The first kappa shape index (κ1) is 15.4. The molecular formula is C12H10ClF3O3. The maximum Gasteiger partial charge on any atom is 0.392 e. The van der Waals surface area contributed by atoms with E-state index in [1.165, 1.54) is 24.3 Å². The van der Waals surface area contributed by atoms with Crippen molar-refractivity contribution in [2.75, 3.05) is 6.61 Å². The molecule has 0 aliphatic rings. The SMILES string of the molecule is O=C(O)/C=C/c1c(Cl)cccc1OCCC(F)(F)F. The Morgan fingerprint density at radius 1 is 1.42 bits per heavy atom. The summed E-state index contributed by atoms with van der Waals surface area (Å²) < 4.78 is 41.0. The van der Waals surface area contributed by atoms with Crippen LogP contribution in [0.3, 0.4) is 0 Å². The van der Waals surface area contributed by atoms with Crippen LogP contribution in [0.4, 0.5) is 13.2 Å². The summed E-state index contributed by atoms with van der Waals surface area (Å²) in [5.74, 6) is -1.09. The van der Waals surface area contributed by atoms with E-state index in [-0.39, 0.29) is 16.3 Å². The van der Waals surface area contributed by atoms with Crippen LogP contribution in [0, 0.1) is 0 Å². The molecule has 0 spiro atoms. The van der Waals surface area contributed by atoms with Gasteiger partial charge in [-0.25, -0.2) is 4.79 Å². The van der Waals surface area contributed by atoms with E-state index in [0.29, 0.717) is 0 Å². The van der Waals surface area contributed by atoms with Gasteiger partial charge in [0.2, 0.25) is 0 Å². The Bertz CT molecular complexity index is 484. The molecule has 1 rings (SSSR count). The fraction of sp³-hybridized carbons (Fsp3) is 0.250. The third-order valence-electron chi connectivity index (χ3n) is 2.05. The van der Waals surface area contributed by atoms with Crippen LogP contribution in [-0.2, 0) is 4.79 Å². The lowest BCUT2D eigenvalue weighted by molar-refractivity contribution is -0.139. The Morgan fingerprint density at radius 2 is 2.11 bits per heavy atom. The molecule has 0 heterocycles. The quantitative estimate of drug-likeness (QED) is 0.841. The maximum absolute atomic E-state index is 12.0. The zero-order valence-corrected chi connectivity index (χ0v) is 10.3. The van der Waals surface area contributed by atoms with Gasteiger partial charge in [0.05, 0.1) is 18.1 Å². The number of alkyl halides is 3. The van der Waals surface area contributed by atoms with E-state index >= 15 is 0 Å². The molecule has 7 heteroatoms. The van der Waals surface area contributed by atoms with Gasteiger partial charge in [-0.2, -0.15) is 13.2 Å². The van der Waals surface area contributed by atoms with Crippen molar-refractivity contribution in [2.24, 2.45) is 0 Å². The van der Waals surface area contributed by atoms with Gasteiger partial charge in [0.1, 0.15) is 5.75 Å². The summed E-state index contributed by atoms with van der Waals surface area (Å²) in [5, 5.41) is 8.72. The number of carboxylic acid groups (broad SMARTS) is 1. The van der Waals surface area contributed by atoms with Gasteiger partial charge in [-0.3, -0.25) is 0 Å². The standard InChI is InChI=1S/C12H10ClF3O3/c13-9-2-1-3-10(8(9)4-5-11(17)18)19-7-6-12(14,15)16/h1-5H,6-7H2,(H,17,18)/b5-4+. The van der Waals surface area contributed by atoms with Crippen molar-refractivity contribution in [2.45, 2.75) is 12.6 Å². The number of benzene rings is 1. The molecule has 0 atom stereocenters. The summed E-state index contributed by atoms with van der Waals surface area (Å²) in [6.45, 7) is -0.558. The van der Waals surface area contributed by atoms with Crippen molar-refractivity contribution < 1.29 is 27.8 Å². The summed E-state index contributed by atoms with van der Waals surface area (Å²) >= 11 is 5.84. The molecule has 0 unspecified atom stereocenters. The minimum atomic E-state index is -4.31. The fourth-order valence-electron chi connectivity index (χ4n) is 1.24. The second kappa shape index (κ2) is 6.47. The average molecular weight is 295 g/mol. The van der Waals surface area contributed by atoms with E-state index in [0.717, 1.165) is 6.08 Å². The number of carboxylic acids is 1. The lowest BCUT2D eigenvalue weighted by atomic mass is 10.2. The van der Waals surface area contributed by atoms with Crippen LogP contribution in [-0.4, -0.2) is 23.9 Å². The Hall–Kier alpha value is -1.69. The van der Waals surface area contributed by atoms with E-state index in [1.54, 1.807) is 0 Å². The first-order valence-electron chi connectivity index (χ1n) is 5.18. The van der Waals surface area contributed by atoms with Gasteiger partial charge in [-0.15, -0.1) is 0 Å². The number of carbonyl (C=O) groups is 1. The molecule has 3 nitrogen and oxygen atoms in total. The van der Waals surface area contributed by atoms with Crippen LogP contribution < -0.4 is 4.74 Å². The van der Waals surface area contributed by atoms with Gasteiger partial charge in [-0.05, 0) is 18.2 Å². The van der Waals surface area contributed by atoms with Crippen molar-refractivity contribution in [3.63, 3.8) is 0 Å². The zero-order chi connectivity index (χ0) is 14.5. The number of halogens is 4. The molecule has 0 amide bonds. The highest BCUT2D eigenvalue weighted by atomic mass is 35.5. The molecule has 0 saturated carbocycles. The van der Waals surface area contributed by atoms with Crippen LogP contribution in [0.5, 0.6) is 5.75 Å². The normalized spacial score (nSPS) is 11.8. The second-order valence-corrected chi connectivity index (χ2v) is 3.94. The summed E-state index contributed by atoms with van der Waals surface area (Å²) in [6, 6.07) is 4.41. The number of hydrogen-bond donors (Lipinski definition) is 1. The van der Waals surface area contributed by atoms with E-state index in [2.05, 4.69) is 0 Å². The summed E-state index contributed by atoms with van der Waals surface area (Å²) in [7, 11) is 0. The lowest BCUT2D eigenvalue weighted by Crippen LogP contribution is -2.13. The summed E-state index contributed by atoms with van der Waals surface area (Å²) in [5.41, 5.74) is 0.230. The van der Waals surface area contributed by atoms with Crippen LogP contribution >= 0.6 is 11.6 Å². The van der Waals surface area contributed by atoms with Crippen molar-refractivity contribution in [3.8, 4) is 5.75 Å². The largest absolute Gasteiger partial charge is 0.493 e. The number of aliphatic carboxylic acids is 1. The van der Waals surface area contributed by atoms with Gasteiger partial charge >= 0.3 is 12.1 Å². The molecule has 0 radical (unpaired) electrons. The predicted molar refractivity (Wildman–Crippen MR) is 64.3 cm³/mol. The van der Waals surface area contributed by atoms with Gasteiger partial charge in [-0.1, -0.05) is 17.7 Å².